The first-order chi connectivity index (χ1) is 12.5. The first-order valence-electron chi connectivity index (χ1n) is 8.31. The normalized spacial score (nSPS) is 15.4. The molecule has 0 radical (unpaired) electrons. The number of aromatic nitrogens is 1. The van der Waals surface area contributed by atoms with Crippen molar-refractivity contribution in [3.05, 3.63) is 70.0 Å². The van der Waals surface area contributed by atoms with Crippen molar-refractivity contribution in [3.63, 3.8) is 0 Å². The summed E-state index contributed by atoms with van der Waals surface area (Å²) in [7, 11) is 0. The molecule has 1 aromatic heterocycles. The van der Waals surface area contributed by atoms with E-state index < -0.39 is 11.3 Å². The van der Waals surface area contributed by atoms with E-state index in [4.69, 9.17) is 4.74 Å². The number of hydrogen-bond acceptors (Lipinski definition) is 4. The van der Waals surface area contributed by atoms with E-state index in [9.17, 15) is 14.7 Å². The van der Waals surface area contributed by atoms with Crippen molar-refractivity contribution in [2.75, 3.05) is 18.5 Å². The lowest BCUT2D eigenvalue weighted by Gasteiger charge is -2.38. The summed E-state index contributed by atoms with van der Waals surface area (Å²) in [6.45, 7) is 3.51. The fourth-order valence-electron chi connectivity index (χ4n) is 3.15. The van der Waals surface area contributed by atoms with Crippen LogP contribution in [0.25, 0.3) is 10.9 Å². The Morgan fingerprint density at radius 2 is 1.92 bits per heavy atom. The van der Waals surface area contributed by atoms with Gasteiger partial charge in [0.1, 0.15) is 11.3 Å². The average Bonchev–Trinajstić information content (AvgIpc) is 2.60. The van der Waals surface area contributed by atoms with Gasteiger partial charge in [-0.25, -0.2) is 0 Å². The Balaban J connectivity index is 1.60. The Morgan fingerprint density at radius 1 is 1.19 bits per heavy atom. The predicted octanol–water partition coefficient (Wildman–Crippen LogP) is 2.77. The quantitative estimate of drug-likeness (QED) is 0.677. The molecule has 6 nitrogen and oxygen atoms in total. The zero-order valence-corrected chi connectivity index (χ0v) is 14.2. The summed E-state index contributed by atoms with van der Waals surface area (Å²) in [4.78, 5) is 27.9. The minimum Gasteiger partial charge on any atom is -0.507 e. The zero-order valence-electron chi connectivity index (χ0n) is 14.2. The second kappa shape index (κ2) is 6.00. The van der Waals surface area contributed by atoms with Crippen molar-refractivity contribution < 1.29 is 14.6 Å². The van der Waals surface area contributed by atoms with Crippen LogP contribution < -0.4 is 10.7 Å². The van der Waals surface area contributed by atoms with E-state index in [1.165, 1.54) is 12.3 Å². The van der Waals surface area contributed by atoms with Crippen molar-refractivity contribution in [3.8, 4) is 5.75 Å². The van der Waals surface area contributed by atoms with Crippen LogP contribution in [-0.2, 0) is 10.2 Å². The maximum atomic E-state index is 12.6. The van der Waals surface area contributed by atoms with Crippen LogP contribution in [0, 0.1) is 0 Å². The summed E-state index contributed by atoms with van der Waals surface area (Å²) in [5.74, 6) is -0.680. The molecule has 3 N–H and O–H groups in total. The van der Waals surface area contributed by atoms with E-state index in [2.05, 4.69) is 17.2 Å². The average molecular weight is 350 g/mol. The second-order valence-corrected chi connectivity index (χ2v) is 6.82. The third-order valence-electron chi connectivity index (χ3n) is 4.81. The van der Waals surface area contributed by atoms with Crippen molar-refractivity contribution in [2.45, 2.75) is 12.3 Å². The standard InChI is InChI=1S/C20H18N2O4/c1-20(10-26-11-20)12-5-7-13(8-6-12)22-19(25)14-9-21-15-3-2-4-16(23)17(15)18(14)24/h2-9,23H,10-11H2,1H3,(H,21,24)(H,22,25). The largest absolute Gasteiger partial charge is 0.507 e. The summed E-state index contributed by atoms with van der Waals surface area (Å²) in [5, 5.41) is 12.8. The predicted molar refractivity (Wildman–Crippen MR) is 98.8 cm³/mol. The Kier molecular flexibility index (Phi) is 3.77. The number of H-pyrrole nitrogens is 1. The number of anilines is 1. The number of carbonyl (C=O) groups excluding carboxylic acids is 1. The Hall–Kier alpha value is -3.12. The van der Waals surface area contributed by atoms with Crippen LogP contribution in [0.15, 0.2) is 53.5 Å². The molecule has 1 saturated heterocycles. The Bertz CT molecular complexity index is 1050. The molecule has 0 saturated carbocycles. The van der Waals surface area contributed by atoms with Gasteiger partial charge in [-0.3, -0.25) is 9.59 Å². The molecule has 0 unspecified atom stereocenters. The molecule has 0 spiro atoms. The molecule has 0 bridgehead atoms. The molecule has 1 fully saturated rings. The number of hydrogen-bond donors (Lipinski definition) is 3. The molecular formula is C20H18N2O4. The van der Waals surface area contributed by atoms with Crippen molar-refractivity contribution >= 4 is 22.5 Å². The molecule has 2 heterocycles. The SMILES string of the molecule is CC1(c2ccc(NC(=O)c3c[nH]c4cccc(O)c4c3=O)cc2)COC1. The molecule has 26 heavy (non-hydrogen) atoms. The lowest BCUT2D eigenvalue weighted by molar-refractivity contribution is -0.0499. The van der Waals surface area contributed by atoms with Crippen LogP contribution in [-0.4, -0.2) is 29.2 Å². The lowest BCUT2D eigenvalue weighted by Crippen LogP contribution is -2.43. The fraction of sp³-hybridized carbons (Fsp3) is 0.200. The van der Waals surface area contributed by atoms with Crippen LogP contribution >= 0.6 is 0 Å². The summed E-state index contributed by atoms with van der Waals surface area (Å²) in [6.07, 6.45) is 1.36. The summed E-state index contributed by atoms with van der Waals surface area (Å²) in [6, 6.07) is 12.2. The van der Waals surface area contributed by atoms with Gasteiger partial charge < -0.3 is 20.1 Å². The van der Waals surface area contributed by atoms with Crippen molar-refractivity contribution in [1.29, 1.82) is 0 Å². The third kappa shape index (κ3) is 2.64. The van der Waals surface area contributed by atoms with Gasteiger partial charge in [-0.2, -0.15) is 0 Å². The van der Waals surface area contributed by atoms with Crippen molar-refractivity contribution in [1.82, 2.24) is 4.98 Å². The van der Waals surface area contributed by atoms with Gasteiger partial charge in [0.25, 0.3) is 5.91 Å². The summed E-state index contributed by atoms with van der Waals surface area (Å²) in [5.41, 5.74) is 1.68. The van der Waals surface area contributed by atoms with E-state index in [1.54, 1.807) is 12.1 Å². The number of fused-ring (bicyclic) bond motifs is 1. The molecule has 1 aliphatic heterocycles. The molecule has 1 amide bonds. The van der Waals surface area contributed by atoms with Crippen molar-refractivity contribution in [2.24, 2.45) is 0 Å². The number of phenols is 1. The number of nitrogens with one attached hydrogen (secondary N) is 2. The highest BCUT2D eigenvalue weighted by atomic mass is 16.5. The number of benzene rings is 2. The number of phenolic OH excluding ortho intramolecular Hbond substituents is 1. The first-order valence-corrected chi connectivity index (χ1v) is 8.31. The Labute approximate surface area is 149 Å². The number of amides is 1. The van der Waals surface area contributed by atoms with Crippen LogP contribution in [0.3, 0.4) is 0 Å². The number of aromatic amines is 1. The number of rotatable bonds is 3. The number of aromatic hydroxyl groups is 1. The molecule has 0 aliphatic carbocycles. The monoisotopic (exact) mass is 350 g/mol. The highest BCUT2D eigenvalue weighted by molar-refractivity contribution is 6.06. The molecule has 2 aromatic carbocycles. The van der Waals surface area contributed by atoms with Gasteiger partial charge in [0.15, 0.2) is 0 Å². The summed E-state index contributed by atoms with van der Waals surface area (Å²) >= 11 is 0. The van der Waals surface area contributed by atoms with Gasteiger partial charge in [0.2, 0.25) is 5.43 Å². The number of carbonyl (C=O) groups is 1. The fourth-order valence-corrected chi connectivity index (χ4v) is 3.15. The van der Waals surface area contributed by atoms with Gasteiger partial charge in [0.05, 0.1) is 24.1 Å². The van der Waals surface area contributed by atoms with Gasteiger partial charge in [-0.15, -0.1) is 0 Å². The van der Waals surface area contributed by atoms with Gasteiger partial charge >= 0.3 is 0 Å². The minimum atomic E-state index is -0.526. The first kappa shape index (κ1) is 16.4. The minimum absolute atomic E-state index is 0.0234. The zero-order chi connectivity index (χ0) is 18.3. The molecule has 6 heteroatoms. The Morgan fingerprint density at radius 3 is 2.58 bits per heavy atom. The molecule has 4 rings (SSSR count). The van der Waals surface area contributed by atoms with Crippen LogP contribution in [0.1, 0.15) is 22.8 Å². The van der Waals surface area contributed by atoms with Crippen LogP contribution in [0.5, 0.6) is 5.75 Å². The molecule has 3 aromatic rings. The smallest absolute Gasteiger partial charge is 0.261 e. The number of pyridine rings is 1. The van der Waals surface area contributed by atoms with E-state index in [-0.39, 0.29) is 22.1 Å². The van der Waals surface area contributed by atoms with E-state index in [0.29, 0.717) is 24.4 Å². The third-order valence-corrected chi connectivity index (χ3v) is 4.81. The highest BCUT2D eigenvalue weighted by Crippen LogP contribution is 2.32. The van der Waals surface area contributed by atoms with E-state index >= 15 is 0 Å². The number of ether oxygens (including phenoxy) is 1. The van der Waals surface area contributed by atoms with E-state index in [0.717, 1.165) is 5.56 Å². The summed E-state index contributed by atoms with van der Waals surface area (Å²) < 4.78 is 5.27. The highest BCUT2D eigenvalue weighted by Gasteiger charge is 2.34. The maximum Gasteiger partial charge on any atom is 0.261 e. The molecule has 1 aliphatic rings. The van der Waals surface area contributed by atoms with Crippen LogP contribution in [0.2, 0.25) is 0 Å². The second-order valence-electron chi connectivity index (χ2n) is 6.82. The molecule has 0 atom stereocenters. The van der Waals surface area contributed by atoms with Gasteiger partial charge in [0, 0.05) is 17.3 Å². The maximum absolute atomic E-state index is 12.6. The topological polar surface area (TPSA) is 91.4 Å². The van der Waals surface area contributed by atoms with Gasteiger partial charge in [-0.1, -0.05) is 25.1 Å². The van der Waals surface area contributed by atoms with E-state index in [1.807, 2.05) is 24.3 Å². The molecular weight excluding hydrogens is 332 g/mol. The molecule has 132 valence electrons. The van der Waals surface area contributed by atoms with Gasteiger partial charge in [-0.05, 0) is 29.8 Å². The lowest BCUT2D eigenvalue weighted by atomic mass is 9.81. The van der Waals surface area contributed by atoms with Crippen LogP contribution in [0.4, 0.5) is 5.69 Å².